The van der Waals surface area contributed by atoms with Crippen LogP contribution in [0.4, 0.5) is 5.69 Å². The highest BCUT2D eigenvalue weighted by molar-refractivity contribution is 9.10. The van der Waals surface area contributed by atoms with Gasteiger partial charge in [0.2, 0.25) is 0 Å². The van der Waals surface area contributed by atoms with E-state index in [9.17, 15) is 0 Å². The quantitative estimate of drug-likeness (QED) is 0.741. The van der Waals surface area contributed by atoms with Gasteiger partial charge in [-0.15, -0.1) is 0 Å². The molecule has 2 unspecified atom stereocenters. The molecular formula is C11H13BrN2. The molecule has 0 aliphatic carbocycles. The highest BCUT2D eigenvalue weighted by Crippen LogP contribution is 2.42. The van der Waals surface area contributed by atoms with Gasteiger partial charge in [0.1, 0.15) is 0 Å². The second-order valence-electron chi connectivity index (χ2n) is 4.05. The Bertz CT molecular complexity index is 364. The lowest BCUT2D eigenvalue weighted by Crippen LogP contribution is -2.40. The van der Waals surface area contributed by atoms with Crippen LogP contribution in [-0.2, 0) is 0 Å². The Labute approximate surface area is 92.2 Å². The fourth-order valence-corrected chi connectivity index (χ4v) is 3.07. The highest BCUT2D eigenvalue weighted by atomic mass is 79.9. The third-order valence-electron chi connectivity index (χ3n) is 3.26. The van der Waals surface area contributed by atoms with Gasteiger partial charge in [-0.3, -0.25) is 0 Å². The van der Waals surface area contributed by atoms with Crippen LogP contribution >= 0.6 is 15.9 Å². The van der Waals surface area contributed by atoms with Crippen LogP contribution in [0.5, 0.6) is 0 Å². The van der Waals surface area contributed by atoms with E-state index in [4.69, 9.17) is 0 Å². The summed E-state index contributed by atoms with van der Waals surface area (Å²) in [4.78, 5) is 0. The van der Waals surface area contributed by atoms with Crippen LogP contribution in [0.25, 0.3) is 0 Å². The monoisotopic (exact) mass is 252 g/mol. The second kappa shape index (κ2) is 3.24. The molecule has 2 nitrogen and oxygen atoms in total. The number of benzene rings is 1. The summed E-state index contributed by atoms with van der Waals surface area (Å²) < 4.78 is 1.20. The van der Waals surface area contributed by atoms with E-state index in [1.165, 1.54) is 22.1 Å². The van der Waals surface area contributed by atoms with E-state index in [1.807, 2.05) is 0 Å². The first-order valence-corrected chi connectivity index (χ1v) is 5.91. The van der Waals surface area contributed by atoms with Crippen molar-refractivity contribution >= 4 is 21.6 Å². The van der Waals surface area contributed by atoms with E-state index in [-0.39, 0.29) is 0 Å². The third kappa shape index (κ3) is 1.19. The lowest BCUT2D eigenvalue weighted by Gasteiger charge is -2.26. The number of hydrogen-bond acceptors (Lipinski definition) is 2. The van der Waals surface area contributed by atoms with E-state index in [1.54, 1.807) is 0 Å². The maximum absolute atomic E-state index is 3.60. The van der Waals surface area contributed by atoms with Gasteiger partial charge in [-0.05, 0) is 40.5 Å². The van der Waals surface area contributed by atoms with Gasteiger partial charge in [-0.2, -0.15) is 0 Å². The largest absolute Gasteiger partial charge is 0.379 e. The average Bonchev–Trinajstić information content (AvgIpc) is 2.59. The molecule has 0 spiro atoms. The lowest BCUT2D eigenvalue weighted by molar-refractivity contribution is 0.439. The summed E-state index contributed by atoms with van der Waals surface area (Å²) in [6.07, 6.45) is 1.25. The summed E-state index contributed by atoms with van der Waals surface area (Å²) in [5.74, 6) is 0.712. The van der Waals surface area contributed by atoms with Gasteiger partial charge in [0.15, 0.2) is 0 Å². The van der Waals surface area contributed by atoms with Crippen molar-refractivity contribution in [3.05, 3.63) is 28.2 Å². The number of fused-ring (bicyclic) bond motifs is 3. The van der Waals surface area contributed by atoms with Crippen LogP contribution in [0.15, 0.2) is 22.7 Å². The minimum absolute atomic E-state index is 0.595. The zero-order valence-corrected chi connectivity index (χ0v) is 9.47. The molecule has 0 aromatic heterocycles. The van der Waals surface area contributed by atoms with Crippen molar-refractivity contribution in [1.82, 2.24) is 5.32 Å². The average molecular weight is 253 g/mol. The first-order chi connectivity index (χ1) is 6.86. The van der Waals surface area contributed by atoms with Crippen molar-refractivity contribution in [2.75, 3.05) is 18.4 Å². The molecule has 0 radical (unpaired) electrons. The van der Waals surface area contributed by atoms with Crippen molar-refractivity contribution in [3.63, 3.8) is 0 Å². The molecule has 14 heavy (non-hydrogen) atoms. The number of rotatable bonds is 0. The molecule has 2 atom stereocenters. The molecule has 1 fully saturated rings. The van der Waals surface area contributed by atoms with Crippen molar-refractivity contribution < 1.29 is 0 Å². The number of piperidine rings is 1. The number of para-hydroxylation sites is 1. The minimum Gasteiger partial charge on any atom is -0.379 e. The predicted octanol–water partition coefficient (Wildman–Crippen LogP) is 2.32. The third-order valence-corrected chi connectivity index (χ3v) is 3.92. The number of nitrogens with one attached hydrogen (secondary N) is 2. The first-order valence-electron chi connectivity index (χ1n) is 5.12. The van der Waals surface area contributed by atoms with Crippen molar-refractivity contribution in [2.24, 2.45) is 0 Å². The van der Waals surface area contributed by atoms with Crippen molar-refractivity contribution in [1.29, 1.82) is 0 Å². The molecule has 2 N–H and O–H groups in total. The molecule has 3 rings (SSSR count). The van der Waals surface area contributed by atoms with Crippen LogP contribution in [0.3, 0.4) is 0 Å². The van der Waals surface area contributed by atoms with Gasteiger partial charge in [-0.25, -0.2) is 0 Å². The maximum Gasteiger partial charge on any atom is 0.0523 e. The first kappa shape index (κ1) is 8.74. The molecule has 1 saturated heterocycles. The highest BCUT2D eigenvalue weighted by Gasteiger charge is 2.34. The molecule has 0 bridgehead atoms. The summed E-state index contributed by atoms with van der Waals surface area (Å²) in [7, 11) is 0. The SMILES string of the molecule is Brc1cccc2c1NC1CNCCC21. The standard InChI is InChI=1S/C11H13BrN2/c12-9-3-1-2-8-7-4-5-13-6-10(7)14-11(8)9/h1-3,7,10,13-14H,4-6H2. The Morgan fingerprint density at radius 1 is 1.36 bits per heavy atom. The zero-order chi connectivity index (χ0) is 9.54. The molecular weight excluding hydrogens is 240 g/mol. The molecule has 1 aromatic carbocycles. The van der Waals surface area contributed by atoms with Gasteiger partial charge in [-0.1, -0.05) is 12.1 Å². The molecule has 2 aliphatic rings. The van der Waals surface area contributed by atoms with Crippen LogP contribution in [0, 0.1) is 0 Å². The Morgan fingerprint density at radius 3 is 3.21 bits per heavy atom. The van der Waals surface area contributed by atoms with Crippen LogP contribution in [0.1, 0.15) is 17.9 Å². The number of anilines is 1. The Kier molecular flexibility index (Phi) is 2.03. The van der Waals surface area contributed by atoms with E-state index >= 15 is 0 Å². The maximum atomic E-state index is 3.60. The van der Waals surface area contributed by atoms with Crippen LogP contribution < -0.4 is 10.6 Å². The van der Waals surface area contributed by atoms with E-state index < -0.39 is 0 Å². The summed E-state index contributed by atoms with van der Waals surface area (Å²) in [5, 5.41) is 7.03. The van der Waals surface area contributed by atoms with E-state index in [0.717, 1.165) is 13.1 Å². The van der Waals surface area contributed by atoms with Gasteiger partial charge < -0.3 is 10.6 Å². The molecule has 1 aromatic rings. The minimum atomic E-state index is 0.595. The van der Waals surface area contributed by atoms with Crippen molar-refractivity contribution in [2.45, 2.75) is 18.4 Å². The summed E-state index contributed by atoms with van der Waals surface area (Å²) in [6, 6.07) is 7.09. The van der Waals surface area contributed by atoms with Gasteiger partial charge in [0.05, 0.1) is 5.69 Å². The second-order valence-corrected chi connectivity index (χ2v) is 4.91. The zero-order valence-electron chi connectivity index (χ0n) is 7.89. The predicted molar refractivity (Wildman–Crippen MR) is 61.8 cm³/mol. The molecule has 2 heterocycles. The lowest BCUT2D eigenvalue weighted by atomic mass is 9.89. The van der Waals surface area contributed by atoms with Gasteiger partial charge in [0.25, 0.3) is 0 Å². The molecule has 3 heteroatoms. The molecule has 0 saturated carbocycles. The van der Waals surface area contributed by atoms with Gasteiger partial charge in [0, 0.05) is 23.0 Å². The fraction of sp³-hybridized carbons (Fsp3) is 0.455. The van der Waals surface area contributed by atoms with Crippen molar-refractivity contribution in [3.8, 4) is 0 Å². The van der Waals surface area contributed by atoms with E-state index in [2.05, 4.69) is 44.8 Å². The van der Waals surface area contributed by atoms with Crippen LogP contribution in [0.2, 0.25) is 0 Å². The molecule has 2 aliphatic heterocycles. The smallest absolute Gasteiger partial charge is 0.0523 e. The summed E-state index contributed by atoms with van der Waals surface area (Å²) in [5.41, 5.74) is 2.80. The molecule has 0 amide bonds. The van der Waals surface area contributed by atoms with Crippen LogP contribution in [-0.4, -0.2) is 19.1 Å². The van der Waals surface area contributed by atoms with E-state index in [0.29, 0.717) is 12.0 Å². The summed E-state index contributed by atoms with van der Waals surface area (Å²) in [6.45, 7) is 2.24. The normalized spacial score (nSPS) is 29.2. The number of halogens is 1. The fourth-order valence-electron chi connectivity index (χ4n) is 2.57. The Hall–Kier alpha value is -0.540. The Morgan fingerprint density at radius 2 is 2.29 bits per heavy atom. The topological polar surface area (TPSA) is 24.1 Å². The number of hydrogen-bond donors (Lipinski definition) is 2. The van der Waals surface area contributed by atoms with Gasteiger partial charge >= 0.3 is 0 Å². The Balaban J connectivity index is 2.05. The summed E-state index contributed by atoms with van der Waals surface area (Å²) >= 11 is 3.60. The molecule has 74 valence electrons.